The van der Waals surface area contributed by atoms with Crippen molar-refractivity contribution in [1.29, 1.82) is 0 Å². The van der Waals surface area contributed by atoms with Gasteiger partial charge in [0.15, 0.2) is 10.6 Å². The molecule has 3 rings (SSSR count). The molecule has 0 saturated heterocycles. The molecule has 8 heteroatoms. The van der Waals surface area contributed by atoms with E-state index >= 15 is 0 Å². The maximum Gasteiger partial charge on any atom is 0.200 e. The SMILES string of the molecule is CC(C)(C)c1cc(-c2n[nH]c(=S)n2-c2ccc(F)c(Cl)c2)n[nH]1. The third-order valence-electron chi connectivity index (χ3n) is 3.45. The van der Waals surface area contributed by atoms with Crippen LogP contribution in [0.15, 0.2) is 24.3 Å². The van der Waals surface area contributed by atoms with Crippen LogP contribution in [-0.4, -0.2) is 25.0 Å². The molecule has 2 heterocycles. The minimum Gasteiger partial charge on any atom is -0.281 e. The van der Waals surface area contributed by atoms with Gasteiger partial charge < -0.3 is 0 Å². The number of halogens is 2. The number of aromatic nitrogens is 5. The molecule has 0 aliphatic heterocycles. The second-order valence-corrected chi connectivity index (χ2v) is 7.00. The average Bonchev–Trinajstić information content (AvgIpc) is 3.08. The molecule has 3 aromatic rings. The number of hydrogen-bond acceptors (Lipinski definition) is 3. The first-order chi connectivity index (χ1) is 10.8. The highest BCUT2D eigenvalue weighted by atomic mass is 35.5. The molecule has 0 fully saturated rings. The van der Waals surface area contributed by atoms with Crippen molar-refractivity contribution in [2.24, 2.45) is 0 Å². The van der Waals surface area contributed by atoms with Crippen LogP contribution in [0.25, 0.3) is 17.2 Å². The zero-order valence-electron chi connectivity index (χ0n) is 12.8. The lowest BCUT2D eigenvalue weighted by molar-refractivity contribution is 0.567. The van der Waals surface area contributed by atoms with E-state index in [-0.39, 0.29) is 10.4 Å². The van der Waals surface area contributed by atoms with Crippen LogP contribution in [0.2, 0.25) is 5.02 Å². The minimum absolute atomic E-state index is 0.0222. The van der Waals surface area contributed by atoms with E-state index < -0.39 is 5.82 Å². The Balaban J connectivity index is 2.14. The second kappa shape index (κ2) is 5.58. The Kier molecular flexibility index (Phi) is 3.85. The molecular weight excluding hydrogens is 337 g/mol. The molecule has 0 saturated carbocycles. The Bertz CT molecular complexity index is 919. The van der Waals surface area contributed by atoms with Gasteiger partial charge in [0.05, 0.1) is 10.7 Å². The van der Waals surface area contributed by atoms with Crippen molar-refractivity contribution in [3.8, 4) is 17.2 Å². The molecule has 5 nitrogen and oxygen atoms in total. The maximum atomic E-state index is 13.4. The van der Waals surface area contributed by atoms with E-state index in [0.717, 1.165) is 5.69 Å². The summed E-state index contributed by atoms with van der Waals surface area (Å²) < 4.78 is 15.4. The number of H-pyrrole nitrogens is 2. The number of nitrogens with zero attached hydrogens (tertiary/aromatic N) is 3. The first-order valence-corrected chi connectivity index (χ1v) is 7.75. The molecule has 0 aliphatic carbocycles. The van der Waals surface area contributed by atoms with Gasteiger partial charge in [-0.25, -0.2) is 4.39 Å². The highest BCUT2D eigenvalue weighted by molar-refractivity contribution is 7.71. The Morgan fingerprint density at radius 3 is 2.52 bits per heavy atom. The largest absolute Gasteiger partial charge is 0.281 e. The van der Waals surface area contributed by atoms with Crippen molar-refractivity contribution in [3.63, 3.8) is 0 Å². The average molecular weight is 352 g/mol. The highest BCUT2D eigenvalue weighted by Gasteiger charge is 2.20. The molecule has 0 atom stereocenters. The van der Waals surface area contributed by atoms with Crippen LogP contribution < -0.4 is 0 Å². The van der Waals surface area contributed by atoms with Crippen molar-refractivity contribution in [2.75, 3.05) is 0 Å². The first kappa shape index (κ1) is 15.9. The smallest absolute Gasteiger partial charge is 0.200 e. The summed E-state index contributed by atoms with van der Waals surface area (Å²) in [7, 11) is 0. The first-order valence-electron chi connectivity index (χ1n) is 6.96. The molecule has 2 N–H and O–H groups in total. The van der Waals surface area contributed by atoms with E-state index in [2.05, 4.69) is 41.2 Å². The lowest BCUT2D eigenvalue weighted by Gasteiger charge is -2.14. The van der Waals surface area contributed by atoms with Gasteiger partial charge in [-0.1, -0.05) is 32.4 Å². The third kappa shape index (κ3) is 2.94. The number of hydrogen-bond donors (Lipinski definition) is 2. The summed E-state index contributed by atoms with van der Waals surface area (Å²) in [5.74, 6) is 0.0474. The van der Waals surface area contributed by atoms with Gasteiger partial charge in [-0.3, -0.25) is 14.8 Å². The Hall–Kier alpha value is -1.99. The molecule has 0 amide bonds. The predicted molar refractivity (Wildman–Crippen MR) is 90.0 cm³/mol. The molecule has 0 spiro atoms. The lowest BCUT2D eigenvalue weighted by atomic mass is 9.92. The minimum atomic E-state index is -0.484. The van der Waals surface area contributed by atoms with Crippen molar-refractivity contribution in [3.05, 3.63) is 45.6 Å². The molecule has 0 aliphatic rings. The van der Waals surface area contributed by atoms with E-state index in [1.807, 2.05) is 6.07 Å². The summed E-state index contributed by atoms with van der Waals surface area (Å²) >= 11 is 11.2. The molecule has 0 radical (unpaired) electrons. The van der Waals surface area contributed by atoms with Crippen LogP contribution >= 0.6 is 23.8 Å². The van der Waals surface area contributed by atoms with E-state index in [4.69, 9.17) is 23.8 Å². The van der Waals surface area contributed by atoms with Crippen LogP contribution in [0.5, 0.6) is 0 Å². The van der Waals surface area contributed by atoms with Crippen LogP contribution in [0.1, 0.15) is 26.5 Å². The third-order valence-corrected chi connectivity index (χ3v) is 4.01. The number of nitrogens with one attached hydrogen (secondary N) is 2. The fourth-order valence-electron chi connectivity index (χ4n) is 2.15. The topological polar surface area (TPSA) is 62.3 Å². The van der Waals surface area contributed by atoms with Gasteiger partial charge >= 0.3 is 0 Å². The van der Waals surface area contributed by atoms with Gasteiger partial charge in [0.2, 0.25) is 0 Å². The maximum absolute atomic E-state index is 13.4. The molecule has 0 bridgehead atoms. The summed E-state index contributed by atoms with van der Waals surface area (Å²) in [5.41, 5.74) is 2.17. The monoisotopic (exact) mass is 351 g/mol. The van der Waals surface area contributed by atoms with Crippen LogP contribution in [0.4, 0.5) is 4.39 Å². The molecule has 2 aromatic heterocycles. The molecule has 0 unspecified atom stereocenters. The van der Waals surface area contributed by atoms with Crippen LogP contribution in [-0.2, 0) is 5.41 Å². The van der Waals surface area contributed by atoms with Crippen LogP contribution in [0.3, 0.4) is 0 Å². The van der Waals surface area contributed by atoms with E-state index in [9.17, 15) is 4.39 Å². The van der Waals surface area contributed by atoms with Crippen molar-refractivity contribution in [1.82, 2.24) is 25.0 Å². The normalized spacial score (nSPS) is 11.9. The lowest BCUT2D eigenvalue weighted by Crippen LogP contribution is -2.11. The number of aromatic amines is 2. The highest BCUT2D eigenvalue weighted by Crippen LogP contribution is 2.27. The Morgan fingerprint density at radius 1 is 1.17 bits per heavy atom. The molecule has 1 aromatic carbocycles. The summed E-state index contributed by atoms with van der Waals surface area (Å²) in [5, 5.41) is 14.3. The van der Waals surface area contributed by atoms with Gasteiger partial charge in [-0.05, 0) is 36.5 Å². The number of benzene rings is 1. The summed E-state index contributed by atoms with van der Waals surface area (Å²) in [4.78, 5) is 0. The quantitative estimate of drug-likeness (QED) is 0.672. The number of rotatable bonds is 2. The Labute approximate surface area is 142 Å². The van der Waals surface area contributed by atoms with Gasteiger partial charge in [-0.15, -0.1) is 0 Å². The van der Waals surface area contributed by atoms with E-state index in [1.165, 1.54) is 12.1 Å². The fourth-order valence-corrected chi connectivity index (χ4v) is 2.57. The Morgan fingerprint density at radius 2 is 1.91 bits per heavy atom. The fraction of sp³-hybridized carbons (Fsp3) is 0.267. The van der Waals surface area contributed by atoms with Gasteiger partial charge in [0, 0.05) is 11.1 Å². The molecule has 23 heavy (non-hydrogen) atoms. The summed E-state index contributed by atoms with van der Waals surface area (Å²) in [6.07, 6.45) is 0. The van der Waals surface area contributed by atoms with Crippen LogP contribution in [0, 0.1) is 10.6 Å². The summed E-state index contributed by atoms with van der Waals surface area (Å²) in [6.45, 7) is 6.25. The van der Waals surface area contributed by atoms with Gasteiger partial charge in [0.25, 0.3) is 0 Å². The standard InChI is InChI=1S/C15H15ClFN5S/c1-15(2,3)12-7-11(18-19-12)13-20-21-14(23)22(13)8-4-5-10(17)9(16)6-8/h4-7H,1-3H3,(H,18,19)(H,21,23). The molecule has 120 valence electrons. The van der Waals surface area contributed by atoms with Gasteiger partial charge in [0.1, 0.15) is 11.5 Å². The van der Waals surface area contributed by atoms with Crippen molar-refractivity contribution in [2.45, 2.75) is 26.2 Å². The predicted octanol–water partition coefficient (Wildman–Crippen LogP) is 4.41. The zero-order chi connectivity index (χ0) is 16.8. The zero-order valence-corrected chi connectivity index (χ0v) is 14.4. The molecular formula is C15H15ClFN5S. The van der Waals surface area contributed by atoms with Gasteiger partial charge in [-0.2, -0.15) is 10.2 Å². The van der Waals surface area contributed by atoms with E-state index in [0.29, 0.717) is 22.0 Å². The second-order valence-electron chi connectivity index (χ2n) is 6.20. The van der Waals surface area contributed by atoms with E-state index in [1.54, 1.807) is 10.6 Å². The van der Waals surface area contributed by atoms with Crippen molar-refractivity contribution >= 4 is 23.8 Å². The summed E-state index contributed by atoms with van der Waals surface area (Å²) in [6, 6.07) is 6.31. The van der Waals surface area contributed by atoms with Crippen molar-refractivity contribution < 1.29 is 4.39 Å².